The van der Waals surface area contributed by atoms with Crippen molar-refractivity contribution in [2.24, 2.45) is 0 Å². The molecule has 0 radical (unpaired) electrons. The van der Waals surface area contributed by atoms with Crippen molar-refractivity contribution in [1.29, 1.82) is 0 Å². The molecule has 0 fully saturated rings. The third kappa shape index (κ3) is 3.61. The number of rotatable bonds is 4. The molecule has 0 saturated heterocycles. The lowest BCUT2D eigenvalue weighted by Gasteiger charge is -2.24. The van der Waals surface area contributed by atoms with Crippen molar-refractivity contribution < 1.29 is 9.53 Å². The number of ether oxygens (including phenoxy) is 1. The highest BCUT2D eigenvalue weighted by molar-refractivity contribution is 7.09. The van der Waals surface area contributed by atoms with Gasteiger partial charge in [0.25, 0.3) is 5.91 Å². The first kappa shape index (κ1) is 16.3. The predicted molar refractivity (Wildman–Crippen MR) is 96.7 cm³/mol. The number of aromatic nitrogens is 2. The van der Waals surface area contributed by atoms with Crippen LogP contribution in [-0.2, 0) is 24.4 Å². The molecule has 3 heterocycles. The van der Waals surface area contributed by atoms with E-state index in [1.165, 1.54) is 0 Å². The van der Waals surface area contributed by atoms with Gasteiger partial charge in [-0.25, -0.2) is 0 Å². The summed E-state index contributed by atoms with van der Waals surface area (Å²) in [6.07, 6.45) is -0.0910. The molecule has 1 N–H and O–H groups in total. The van der Waals surface area contributed by atoms with Crippen LogP contribution in [0.2, 0.25) is 5.02 Å². The van der Waals surface area contributed by atoms with Crippen molar-refractivity contribution in [3.63, 3.8) is 0 Å². The van der Waals surface area contributed by atoms with Crippen LogP contribution in [-0.4, -0.2) is 15.7 Å². The van der Waals surface area contributed by atoms with Crippen LogP contribution < -0.4 is 5.32 Å². The number of amides is 1. The largest absolute Gasteiger partial charge is 0.365 e. The number of carbonyl (C=O) groups is 1. The van der Waals surface area contributed by atoms with Crippen LogP contribution in [0, 0.1) is 0 Å². The van der Waals surface area contributed by atoms with Gasteiger partial charge >= 0.3 is 0 Å². The Labute approximate surface area is 154 Å². The van der Waals surface area contributed by atoms with Crippen LogP contribution in [0.25, 0.3) is 0 Å². The lowest BCUT2D eigenvalue weighted by atomic mass is 10.1. The highest BCUT2D eigenvalue weighted by Crippen LogP contribution is 2.27. The SMILES string of the molecule is O=C(NCc1cccs1)c1cc2n(n1)CC(c1ccc(Cl)cc1)OC2. The molecule has 128 valence electrons. The van der Waals surface area contributed by atoms with Gasteiger partial charge in [0.15, 0.2) is 5.69 Å². The summed E-state index contributed by atoms with van der Waals surface area (Å²) in [7, 11) is 0. The molecule has 1 atom stereocenters. The Morgan fingerprint density at radius 3 is 2.96 bits per heavy atom. The molecule has 0 bridgehead atoms. The molecule has 4 rings (SSSR count). The lowest BCUT2D eigenvalue weighted by molar-refractivity contribution is -0.00119. The van der Waals surface area contributed by atoms with Crippen LogP contribution in [0.5, 0.6) is 0 Å². The van der Waals surface area contributed by atoms with Crippen molar-refractivity contribution in [2.45, 2.75) is 25.8 Å². The fourth-order valence-electron chi connectivity index (χ4n) is 2.79. The van der Waals surface area contributed by atoms with Gasteiger partial charge in [0.05, 0.1) is 25.4 Å². The second-order valence-corrected chi connectivity index (χ2v) is 7.28. The molecular weight excluding hydrogens is 358 g/mol. The first-order valence-electron chi connectivity index (χ1n) is 7.93. The van der Waals surface area contributed by atoms with Crippen LogP contribution in [0.4, 0.5) is 0 Å². The Morgan fingerprint density at radius 2 is 2.20 bits per heavy atom. The number of fused-ring (bicyclic) bond motifs is 1. The highest BCUT2D eigenvalue weighted by Gasteiger charge is 2.24. The normalized spacial score (nSPS) is 16.4. The van der Waals surface area contributed by atoms with Gasteiger partial charge in [0.1, 0.15) is 6.10 Å². The van der Waals surface area contributed by atoms with Gasteiger partial charge in [-0.15, -0.1) is 11.3 Å². The number of hydrogen-bond donors (Lipinski definition) is 1. The van der Waals surface area contributed by atoms with Crippen LogP contribution >= 0.6 is 22.9 Å². The second kappa shape index (κ2) is 7.00. The number of nitrogens with zero attached hydrogens (tertiary/aromatic N) is 2. The molecule has 1 unspecified atom stereocenters. The van der Waals surface area contributed by atoms with E-state index in [1.54, 1.807) is 17.4 Å². The van der Waals surface area contributed by atoms with Crippen molar-refractivity contribution in [2.75, 3.05) is 0 Å². The maximum Gasteiger partial charge on any atom is 0.272 e. The van der Waals surface area contributed by atoms with Crippen molar-refractivity contribution >= 4 is 28.8 Å². The molecule has 25 heavy (non-hydrogen) atoms. The Bertz CT molecular complexity index is 874. The van der Waals surface area contributed by atoms with Gasteiger partial charge in [0, 0.05) is 9.90 Å². The zero-order valence-corrected chi connectivity index (χ0v) is 14.9. The van der Waals surface area contributed by atoms with Gasteiger partial charge < -0.3 is 10.1 Å². The van der Waals surface area contributed by atoms with E-state index in [2.05, 4.69) is 10.4 Å². The minimum atomic E-state index is -0.168. The van der Waals surface area contributed by atoms with Crippen molar-refractivity contribution in [3.8, 4) is 0 Å². The summed E-state index contributed by atoms with van der Waals surface area (Å²) in [4.78, 5) is 13.4. The van der Waals surface area contributed by atoms with E-state index < -0.39 is 0 Å². The zero-order valence-electron chi connectivity index (χ0n) is 13.3. The predicted octanol–water partition coefficient (Wildman–Crippen LogP) is 3.80. The topological polar surface area (TPSA) is 56.2 Å². The second-order valence-electron chi connectivity index (χ2n) is 5.82. The number of thiophene rings is 1. The van der Waals surface area contributed by atoms with Gasteiger partial charge in [-0.1, -0.05) is 29.8 Å². The molecule has 5 nitrogen and oxygen atoms in total. The average molecular weight is 374 g/mol. The van der Waals surface area contributed by atoms with E-state index in [9.17, 15) is 4.79 Å². The fraction of sp³-hybridized carbons (Fsp3) is 0.222. The monoisotopic (exact) mass is 373 g/mol. The molecule has 1 aliphatic heterocycles. The summed E-state index contributed by atoms with van der Waals surface area (Å²) in [5.41, 5.74) is 2.38. The number of nitrogens with one attached hydrogen (secondary N) is 1. The van der Waals surface area contributed by atoms with Gasteiger partial charge in [-0.05, 0) is 35.2 Å². The maximum absolute atomic E-state index is 12.3. The minimum absolute atomic E-state index is 0.0910. The molecule has 7 heteroatoms. The molecule has 0 spiro atoms. The average Bonchev–Trinajstić information content (AvgIpc) is 3.29. The standard InChI is InChI=1S/C18H16ClN3O2S/c19-13-5-3-12(4-6-13)17-10-22-14(11-24-17)8-16(21-22)18(23)20-9-15-2-1-7-25-15/h1-8,17H,9-11H2,(H,20,23). The molecule has 0 saturated carbocycles. The number of carbonyl (C=O) groups excluding carboxylic acids is 1. The fourth-order valence-corrected chi connectivity index (χ4v) is 3.56. The molecule has 1 aliphatic rings. The van der Waals surface area contributed by atoms with Crippen LogP contribution in [0.15, 0.2) is 47.8 Å². The molecule has 2 aromatic heterocycles. The summed E-state index contributed by atoms with van der Waals surface area (Å²) in [6, 6.07) is 13.4. The first-order chi connectivity index (χ1) is 12.2. The van der Waals surface area contributed by atoms with E-state index in [0.717, 1.165) is 16.1 Å². The summed E-state index contributed by atoms with van der Waals surface area (Å²) in [6.45, 7) is 1.52. The first-order valence-corrected chi connectivity index (χ1v) is 9.19. The summed E-state index contributed by atoms with van der Waals surface area (Å²) in [5, 5.41) is 10.0. The lowest BCUT2D eigenvalue weighted by Crippen LogP contribution is -2.24. The van der Waals surface area contributed by atoms with Crippen LogP contribution in [0.3, 0.4) is 0 Å². The smallest absolute Gasteiger partial charge is 0.272 e. The van der Waals surface area contributed by atoms with Crippen molar-refractivity contribution in [1.82, 2.24) is 15.1 Å². The minimum Gasteiger partial charge on any atom is -0.365 e. The Kier molecular flexibility index (Phi) is 4.57. The highest BCUT2D eigenvalue weighted by atomic mass is 35.5. The Morgan fingerprint density at radius 1 is 1.36 bits per heavy atom. The number of halogens is 1. The third-order valence-electron chi connectivity index (χ3n) is 4.11. The van der Waals surface area contributed by atoms with Gasteiger partial charge in [-0.2, -0.15) is 5.10 Å². The van der Waals surface area contributed by atoms with Crippen molar-refractivity contribution in [3.05, 3.63) is 74.7 Å². The van der Waals surface area contributed by atoms with Gasteiger partial charge in [-0.3, -0.25) is 9.48 Å². The maximum atomic E-state index is 12.3. The molecule has 1 amide bonds. The number of hydrogen-bond acceptors (Lipinski definition) is 4. The van der Waals surface area contributed by atoms with E-state index >= 15 is 0 Å². The zero-order chi connectivity index (χ0) is 17.2. The van der Waals surface area contributed by atoms with Gasteiger partial charge in [0.2, 0.25) is 0 Å². The Hall–Kier alpha value is -2.15. The third-order valence-corrected chi connectivity index (χ3v) is 5.24. The van der Waals surface area contributed by atoms with Crippen LogP contribution in [0.1, 0.15) is 32.7 Å². The molecular formula is C18H16ClN3O2S. The van der Waals surface area contributed by atoms with E-state index in [4.69, 9.17) is 16.3 Å². The summed E-state index contributed by atoms with van der Waals surface area (Å²) in [5.74, 6) is -0.168. The van der Waals surface area contributed by atoms with E-state index in [1.807, 2.05) is 46.5 Å². The summed E-state index contributed by atoms with van der Waals surface area (Å²) >= 11 is 7.55. The molecule has 0 aliphatic carbocycles. The summed E-state index contributed by atoms with van der Waals surface area (Å²) < 4.78 is 7.76. The quantitative estimate of drug-likeness (QED) is 0.756. The molecule has 1 aromatic carbocycles. The van der Waals surface area contributed by atoms with E-state index in [-0.39, 0.29) is 12.0 Å². The van der Waals surface area contributed by atoms with E-state index in [0.29, 0.717) is 30.4 Å². The molecule has 3 aromatic rings. The number of benzene rings is 1. The Balaban J connectivity index is 1.45.